The number of halogens is 1. The number of β-lactam (4-membered cyclic amide) rings is 1. The molecular weight excluding hydrogens is 262 g/mol. The van der Waals surface area contributed by atoms with Crippen LogP contribution in [0.5, 0.6) is 0 Å². The molecule has 0 saturated carbocycles. The second-order valence-electron chi connectivity index (χ2n) is 4.16. The molecule has 1 atom stereocenters. The number of carbonyl (C=O) groups excluding carboxylic acids is 1. The minimum atomic E-state index is -3.99. The Labute approximate surface area is 105 Å². The highest BCUT2D eigenvalue weighted by molar-refractivity contribution is 8.12. The van der Waals surface area contributed by atoms with Gasteiger partial charge in [-0.05, 0) is 30.5 Å². The molecule has 17 heavy (non-hydrogen) atoms. The van der Waals surface area contributed by atoms with Gasteiger partial charge in [-0.2, -0.15) is 8.42 Å². The van der Waals surface area contributed by atoms with Gasteiger partial charge in [0.25, 0.3) is 0 Å². The van der Waals surface area contributed by atoms with Crippen LogP contribution in [0.4, 0.5) is 0 Å². The van der Waals surface area contributed by atoms with E-state index in [1.807, 2.05) is 32.0 Å². The Bertz CT molecular complexity index is 562. The second kappa shape index (κ2) is 3.99. The van der Waals surface area contributed by atoms with E-state index in [0.717, 1.165) is 21.0 Å². The minimum Gasteiger partial charge on any atom is -0.274 e. The molecule has 0 N–H and O–H groups in total. The van der Waals surface area contributed by atoms with Gasteiger partial charge in [0.15, 0.2) is 0 Å². The molecule has 1 fully saturated rings. The van der Waals surface area contributed by atoms with E-state index in [4.69, 9.17) is 10.7 Å². The molecule has 4 nitrogen and oxygen atoms in total. The fourth-order valence-corrected chi connectivity index (χ4v) is 3.57. The lowest BCUT2D eigenvalue weighted by Crippen LogP contribution is -2.48. The van der Waals surface area contributed by atoms with E-state index >= 15 is 0 Å². The molecule has 0 aromatic heterocycles. The van der Waals surface area contributed by atoms with Crippen LogP contribution in [0.1, 0.15) is 29.2 Å². The zero-order valence-electron chi connectivity index (χ0n) is 9.47. The monoisotopic (exact) mass is 273 g/mol. The van der Waals surface area contributed by atoms with Gasteiger partial charge in [0.05, 0.1) is 12.5 Å². The Hall–Kier alpha value is -1.07. The van der Waals surface area contributed by atoms with Crippen molar-refractivity contribution in [2.24, 2.45) is 0 Å². The first-order valence-corrected chi connectivity index (χ1v) is 7.42. The Balaban J connectivity index is 2.47. The van der Waals surface area contributed by atoms with Crippen LogP contribution < -0.4 is 0 Å². The lowest BCUT2D eigenvalue weighted by atomic mass is 9.90. The van der Waals surface area contributed by atoms with Gasteiger partial charge in [-0.15, -0.1) is 0 Å². The average molecular weight is 274 g/mol. The molecule has 1 unspecified atom stereocenters. The molecule has 1 aliphatic heterocycles. The first-order valence-electron chi connectivity index (χ1n) is 5.15. The first kappa shape index (κ1) is 12.4. The molecule has 92 valence electrons. The quantitative estimate of drug-likeness (QED) is 0.612. The van der Waals surface area contributed by atoms with Crippen LogP contribution in [0.2, 0.25) is 0 Å². The molecule has 0 bridgehead atoms. The number of amides is 1. The van der Waals surface area contributed by atoms with Crippen molar-refractivity contribution in [1.29, 1.82) is 0 Å². The number of benzene rings is 1. The normalized spacial score (nSPS) is 20.3. The van der Waals surface area contributed by atoms with Crippen molar-refractivity contribution in [2.45, 2.75) is 26.3 Å². The number of nitrogens with zero attached hydrogens (tertiary/aromatic N) is 1. The smallest absolute Gasteiger partial charge is 0.274 e. The van der Waals surface area contributed by atoms with Gasteiger partial charge < -0.3 is 0 Å². The molecule has 0 radical (unpaired) electrons. The topological polar surface area (TPSA) is 54.5 Å². The van der Waals surface area contributed by atoms with Crippen molar-refractivity contribution < 1.29 is 13.2 Å². The van der Waals surface area contributed by atoms with Crippen LogP contribution in [-0.4, -0.2) is 18.6 Å². The summed E-state index contributed by atoms with van der Waals surface area (Å²) in [5, 5.41) is 0. The average Bonchev–Trinajstić information content (AvgIpc) is 2.12. The van der Waals surface area contributed by atoms with Crippen LogP contribution in [0.15, 0.2) is 18.2 Å². The Morgan fingerprint density at radius 3 is 2.24 bits per heavy atom. The van der Waals surface area contributed by atoms with Crippen molar-refractivity contribution in [3.63, 3.8) is 0 Å². The zero-order chi connectivity index (χ0) is 12.8. The Morgan fingerprint density at radius 2 is 1.82 bits per heavy atom. The first-order chi connectivity index (χ1) is 7.82. The maximum Gasteiger partial charge on any atom is 0.324 e. The number of hydrogen-bond acceptors (Lipinski definition) is 3. The van der Waals surface area contributed by atoms with E-state index in [0.29, 0.717) is 0 Å². The molecule has 2 rings (SSSR count). The third-order valence-corrected chi connectivity index (χ3v) is 4.38. The largest absolute Gasteiger partial charge is 0.324 e. The van der Waals surface area contributed by atoms with Gasteiger partial charge in [0.2, 0.25) is 5.91 Å². The molecule has 1 saturated heterocycles. The minimum absolute atomic E-state index is 0.192. The van der Waals surface area contributed by atoms with E-state index in [9.17, 15) is 13.2 Å². The summed E-state index contributed by atoms with van der Waals surface area (Å²) >= 11 is 0. The maximum absolute atomic E-state index is 11.3. The predicted octanol–water partition coefficient (Wildman–Crippen LogP) is 2.06. The summed E-state index contributed by atoms with van der Waals surface area (Å²) in [4.78, 5) is 11.3. The third kappa shape index (κ3) is 2.05. The predicted molar refractivity (Wildman–Crippen MR) is 64.9 cm³/mol. The van der Waals surface area contributed by atoms with Crippen LogP contribution in [-0.2, 0) is 14.0 Å². The Kier molecular flexibility index (Phi) is 2.91. The highest BCUT2D eigenvalue weighted by Crippen LogP contribution is 2.40. The molecule has 0 aliphatic carbocycles. The van der Waals surface area contributed by atoms with Gasteiger partial charge in [0, 0.05) is 10.7 Å². The third-order valence-electron chi connectivity index (χ3n) is 3.01. The fourth-order valence-electron chi connectivity index (χ4n) is 2.25. The lowest BCUT2D eigenvalue weighted by Gasteiger charge is -2.38. The van der Waals surface area contributed by atoms with Crippen LogP contribution in [0.3, 0.4) is 0 Å². The Morgan fingerprint density at radius 1 is 1.29 bits per heavy atom. The van der Waals surface area contributed by atoms with Crippen molar-refractivity contribution in [1.82, 2.24) is 4.31 Å². The van der Waals surface area contributed by atoms with Gasteiger partial charge in [-0.3, -0.25) is 4.79 Å². The summed E-state index contributed by atoms with van der Waals surface area (Å²) in [6.45, 7) is 3.79. The number of rotatable bonds is 2. The van der Waals surface area contributed by atoms with Crippen LogP contribution >= 0.6 is 10.7 Å². The van der Waals surface area contributed by atoms with E-state index < -0.39 is 21.2 Å². The number of hydrogen-bond donors (Lipinski definition) is 0. The molecule has 1 amide bonds. The van der Waals surface area contributed by atoms with Gasteiger partial charge >= 0.3 is 9.24 Å². The van der Waals surface area contributed by atoms with Crippen molar-refractivity contribution in [3.05, 3.63) is 34.9 Å². The van der Waals surface area contributed by atoms with E-state index in [2.05, 4.69) is 0 Å². The number of aryl methyl sites for hydroxylation is 2. The molecule has 6 heteroatoms. The zero-order valence-corrected chi connectivity index (χ0v) is 11.0. The summed E-state index contributed by atoms with van der Waals surface area (Å²) in [6.07, 6.45) is 0.192. The summed E-state index contributed by atoms with van der Waals surface area (Å²) in [5.41, 5.74) is 2.80. The lowest BCUT2D eigenvalue weighted by molar-refractivity contribution is -0.137. The highest BCUT2D eigenvalue weighted by Gasteiger charge is 2.45. The SMILES string of the molecule is Cc1cccc(C)c1C1CC(=O)N1S(=O)(=O)Cl. The fraction of sp³-hybridized carbons (Fsp3) is 0.364. The molecule has 1 aromatic carbocycles. The van der Waals surface area contributed by atoms with Crippen molar-refractivity contribution >= 4 is 25.8 Å². The summed E-state index contributed by atoms with van der Waals surface area (Å²) in [6, 6.07) is 5.23. The van der Waals surface area contributed by atoms with Gasteiger partial charge in [0.1, 0.15) is 0 Å². The second-order valence-corrected chi connectivity index (χ2v) is 6.54. The standard InChI is InChI=1S/C11H12ClNO3S/c1-7-4-3-5-8(2)11(7)9-6-10(14)13(9)17(12,15)16/h3-5,9H,6H2,1-2H3. The molecular formula is C11H12ClNO3S. The van der Waals surface area contributed by atoms with Crippen molar-refractivity contribution in [3.8, 4) is 0 Å². The van der Waals surface area contributed by atoms with E-state index in [1.54, 1.807) is 0 Å². The molecule has 1 aromatic rings. The summed E-state index contributed by atoms with van der Waals surface area (Å²) in [5.74, 6) is -0.451. The van der Waals surface area contributed by atoms with Crippen molar-refractivity contribution in [2.75, 3.05) is 0 Å². The number of carbonyl (C=O) groups is 1. The van der Waals surface area contributed by atoms with Gasteiger partial charge in [-0.1, -0.05) is 18.2 Å². The van der Waals surface area contributed by atoms with E-state index in [-0.39, 0.29) is 6.42 Å². The van der Waals surface area contributed by atoms with Gasteiger partial charge in [-0.25, -0.2) is 4.31 Å². The summed E-state index contributed by atoms with van der Waals surface area (Å²) < 4.78 is 23.4. The molecule has 1 heterocycles. The van der Waals surface area contributed by atoms with Crippen LogP contribution in [0, 0.1) is 13.8 Å². The summed E-state index contributed by atoms with van der Waals surface area (Å²) in [7, 11) is 1.27. The van der Waals surface area contributed by atoms with Crippen LogP contribution in [0.25, 0.3) is 0 Å². The molecule has 1 aliphatic rings. The van der Waals surface area contributed by atoms with E-state index in [1.165, 1.54) is 0 Å². The molecule has 0 spiro atoms. The maximum atomic E-state index is 11.3. The highest BCUT2D eigenvalue weighted by atomic mass is 35.7.